The lowest BCUT2D eigenvalue weighted by Gasteiger charge is -2.35. The molecule has 1 atom stereocenters. The average molecular weight is 337 g/mol. The summed E-state index contributed by atoms with van der Waals surface area (Å²) >= 11 is 4.92. The molecule has 0 saturated heterocycles. The summed E-state index contributed by atoms with van der Waals surface area (Å²) in [6.07, 6.45) is 13.4. The van der Waals surface area contributed by atoms with Gasteiger partial charge < -0.3 is 10.1 Å². The fraction of sp³-hybridized carbons (Fsp3) is 0.562. The number of hydrogen-bond donors (Lipinski definition) is 3. The van der Waals surface area contributed by atoms with Gasteiger partial charge in [0.25, 0.3) is 5.91 Å². The Kier molecular flexibility index (Phi) is 6.29. The molecule has 23 heavy (non-hydrogen) atoms. The minimum absolute atomic E-state index is 0.0500. The van der Waals surface area contributed by atoms with Crippen LogP contribution in [-0.4, -0.2) is 28.6 Å². The van der Waals surface area contributed by atoms with Gasteiger partial charge in [-0.15, -0.1) is 0 Å². The Morgan fingerprint density at radius 1 is 1.17 bits per heavy atom. The maximum atomic E-state index is 12.6. The second kappa shape index (κ2) is 8.21. The normalized spacial score (nSPS) is 24.0. The van der Waals surface area contributed by atoms with Gasteiger partial charge in [-0.2, -0.15) is 0 Å². The van der Waals surface area contributed by atoms with Crippen molar-refractivity contribution in [3.63, 3.8) is 0 Å². The van der Waals surface area contributed by atoms with E-state index in [2.05, 4.69) is 16.2 Å². The summed E-state index contributed by atoms with van der Waals surface area (Å²) in [5.41, 5.74) is 4.04. The molecule has 7 heteroatoms. The van der Waals surface area contributed by atoms with Crippen molar-refractivity contribution in [2.24, 2.45) is 0 Å². The summed E-state index contributed by atoms with van der Waals surface area (Å²) in [5.74, 6) is -0.623. The molecule has 0 bridgehead atoms. The Bertz CT molecular complexity index is 527. The zero-order valence-corrected chi connectivity index (χ0v) is 14.1. The minimum atomic E-state index is -1.03. The van der Waals surface area contributed by atoms with Gasteiger partial charge in [-0.1, -0.05) is 37.5 Å². The van der Waals surface area contributed by atoms with Gasteiger partial charge in [0, 0.05) is 13.3 Å². The fourth-order valence-electron chi connectivity index (χ4n) is 2.80. The molecule has 2 aliphatic carbocycles. The van der Waals surface area contributed by atoms with Crippen molar-refractivity contribution < 1.29 is 14.3 Å². The molecule has 0 aromatic rings. The molecule has 2 aliphatic rings. The number of thiocarbonyl (C=S) groups is 1. The van der Waals surface area contributed by atoms with E-state index < -0.39 is 5.60 Å². The van der Waals surface area contributed by atoms with E-state index in [1.807, 2.05) is 18.2 Å². The first kappa shape index (κ1) is 17.6. The third-order valence-electron chi connectivity index (χ3n) is 3.93. The standard InChI is InChI=1S/C16H23N3O3S/c1-12(20)17-15(23)19-18-14(21)16(10-6-3-7-11-16)22-13-8-4-2-5-9-13/h3,6-7,10,13H,2,4-5,8-9,11H2,1H3,(H,18,21)(H2,17,19,20,23). The lowest BCUT2D eigenvalue weighted by atomic mass is 9.91. The highest BCUT2D eigenvalue weighted by Crippen LogP contribution is 2.30. The highest BCUT2D eigenvalue weighted by Gasteiger charge is 2.39. The van der Waals surface area contributed by atoms with E-state index in [-0.39, 0.29) is 23.0 Å². The van der Waals surface area contributed by atoms with E-state index in [0.29, 0.717) is 6.42 Å². The zero-order chi connectivity index (χ0) is 16.7. The van der Waals surface area contributed by atoms with Crippen molar-refractivity contribution in [1.29, 1.82) is 0 Å². The molecular formula is C16H23N3O3S. The van der Waals surface area contributed by atoms with Gasteiger partial charge >= 0.3 is 0 Å². The molecule has 1 saturated carbocycles. The molecule has 3 N–H and O–H groups in total. The molecule has 0 spiro atoms. The Morgan fingerprint density at radius 3 is 2.52 bits per heavy atom. The van der Waals surface area contributed by atoms with Crippen LogP contribution < -0.4 is 16.2 Å². The van der Waals surface area contributed by atoms with Gasteiger partial charge in [0.1, 0.15) is 0 Å². The van der Waals surface area contributed by atoms with Gasteiger partial charge in [-0.25, -0.2) is 0 Å². The molecule has 6 nitrogen and oxygen atoms in total. The van der Waals surface area contributed by atoms with Crippen molar-refractivity contribution in [2.45, 2.75) is 57.2 Å². The van der Waals surface area contributed by atoms with Crippen LogP contribution in [0.5, 0.6) is 0 Å². The maximum Gasteiger partial charge on any atom is 0.274 e. The number of hydrazine groups is 1. The monoisotopic (exact) mass is 337 g/mol. The number of nitrogens with one attached hydrogen (secondary N) is 3. The number of carbonyl (C=O) groups is 2. The summed E-state index contributed by atoms with van der Waals surface area (Å²) in [6, 6.07) is 0. The molecule has 0 aromatic carbocycles. The molecule has 0 radical (unpaired) electrons. The van der Waals surface area contributed by atoms with E-state index in [0.717, 1.165) is 25.7 Å². The fourth-order valence-corrected chi connectivity index (χ4v) is 3.00. The molecule has 1 unspecified atom stereocenters. The lowest BCUT2D eigenvalue weighted by molar-refractivity contribution is -0.150. The molecule has 0 aromatic heterocycles. The Balaban J connectivity index is 1.98. The van der Waals surface area contributed by atoms with Gasteiger partial charge in [0.2, 0.25) is 5.91 Å². The van der Waals surface area contributed by atoms with Crippen LogP contribution in [-0.2, 0) is 14.3 Å². The largest absolute Gasteiger partial charge is 0.357 e. The topological polar surface area (TPSA) is 79.5 Å². The van der Waals surface area contributed by atoms with Gasteiger partial charge in [0.05, 0.1) is 6.10 Å². The molecular weight excluding hydrogens is 314 g/mol. The molecule has 0 heterocycles. The third-order valence-corrected chi connectivity index (χ3v) is 4.13. The maximum absolute atomic E-state index is 12.6. The van der Waals surface area contributed by atoms with Gasteiger partial charge in [-0.3, -0.25) is 20.4 Å². The first-order valence-electron chi connectivity index (χ1n) is 7.92. The van der Waals surface area contributed by atoms with Gasteiger partial charge in [0.15, 0.2) is 10.7 Å². The van der Waals surface area contributed by atoms with Crippen molar-refractivity contribution in [1.82, 2.24) is 16.2 Å². The van der Waals surface area contributed by atoms with Crippen molar-refractivity contribution >= 4 is 29.1 Å². The van der Waals surface area contributed by atoms with Crippen LogP contribution >= 0.6 is 12.2 Å². The number of rotatable bonds is 3. The van der Waals surface area contributed by atoms with Crippen molar-refractivity contribution in [3.05, 3.63) is 24.3 Å². The van der Waals surface area contributed by atoms with Crippen LogP contribution in [0.4, 0.5) is 0 Å². The van der Waals surface area contributed by atoms with Crippen LogP contribution in [0.15, 0.2) is 24.3 Å². The summed E-state index contributed by atoms with van der Waals surface area (Å²) in [7, 11) is 0. The number of allylic oxidation sites excluding steroid dienone is 2. The van der Waals surface area contributed by atoms with Crippen molar-refractivity contribution in [3.8, 4) is 0 Å². The number of hydrogen-bond acceptors (Lipinski definition) is 4. The van der Waals surface area contributed by atoms with E-state index >= 15 is 0 Å². The summed E-state index contributed by atoms with van der Waals surface area (Å²) in [4.78, 5) is 23.6. The smallest absolute Gasteiger partial charge is 0.274 e. The molecule has 2 rings (SSSR count). The Labute approximate surface area is 141 Å². The summed E-state index contributed by atoms with van der Waals surface area (Å²) in [6.45, 7) is 1.35. The quantitative estimate of drug-likeness (QED) is 0.539. The first-order valence-corrected chi connectivity index (χ1v) is 8.33. The average Bonchev–Trinajstić information content (AvgIpc) is 2.54. The SMILES string of the molecule is CC(=O)NC(=S)NNC(=O)C1(OC2CCCCC2)C=CC=CC1. The summed E-state index contributed by atoms with van der Waals surface area (Å²) in [5, 5.41) is 2.44. The third kappa shape index (κ3) is 5.14. The first-order chi connectivity index (χ1) is 11.0. The summed E-state index contributed by atoms with van der Waals surface area (Å²) < 4.78 is 6.17. The lowest BCUT2D eigenvalue weighted by Crippen LogP contribution is -2.56. The van der Waals surface area contributed by atoms with Crippen molar-refractivity contribution in [2.75, 3.05) is 0 Å². The second-order valence-electron chi connectivity index (χ2n) is 5.85. The molecule has 0 aliphatic heterocycles. The second-order valence-corrected chi connectivity index (χ2v) is 6.26. The van der Waals surface area contributed by atoms with E-state index in [1.165, 1.54) is 13.3 Å². The molecule has 1 fully saturated rings. The van der Waals surface area contributed by atoms with Crippen LogP contribution in [0.3, 0.4) is 0 Å². The molecule has 126 valence electrons. The Hall–Kier alpha value is -1.73. The number of amides is 2. The minimum Gasteiger partial charge on any atom is -0.357 e. The number of ether oxygens (including phenoxy) is 1. The predicted molar refractivity (Wildman–Crippen MR) is 91.3 cm³/mol. The van der Waals surface area contributed by atoms with Crippen LogP contribution in [0.25, 0.3) is 0 Å². The van der Waals surface area contributed by atoms with Crippen LogP contribution in [0.1, 0.15) is 45.4 Å². The van der Waals surface area contributed by atoms with Crippen LogP contribution in [0.2, 0.25) is 0 Å². The van der Waals surface area contributed by atoms with E-state index in [9.17, 15) is 9.59 Å². The zero-order valence-electron chi connectivity index (χ0n) is 13.3. The van der Waals surface area contributed by atoms with E-state index in [4.69, 9.17) is 17.0 Å². The predicted octanol–water partition coefficient (Wildman–Crippen LogP) is 1.63. The van der Waals surface area contributed by atoms with E-state index in [1.54, 1.807) is 6.08 Å². The van der Waals surface area contributed by atoms with Crippen LogP contribution in [0, 0.1) is 0 Å². The molecule has 2 amide bonds. The van der Waals surface area contributed by atoms with Gasteiger partial charge in [-0.05, 0) is 31.1 Å². The Morgan fingerprint density at radius 2 is 1.91 bits per heavy atom. The highest BCUT2D eigenvalue weighted by molar-refractivity contribution is 7.80. The highest BCUT2D eigenvalue weighted by atomic mass is 32.1. The number of carbonyl (C=O) groups excluding carboxylic acids is 2.